The van der Waals surface area contributed by atoms with Crippen molar-refractivity contribution in [2.24, 2.45) is 0 Å². The van der Waals surface area contributed by atoms with E-state index in [2.05, 4.69) is 29.2 Å². The van der Waals surface area contributed by atoms with Crippen molar-refractivity contribution in [2.75, 3.05) is 19.7 Å². The minimum absolute atomic E-state index is 0.680. The van der Waals surface area contributed by atoms with Crippen LogP contribution in [0.15, 0.2) is 48.5 Å². The topological polar surface area (TPSA) is 29.5 Å². The first-order chi connectivity index (χ1) is 10.8. The van der Waals surface area contributed by atoms with Crippen LogP contribution in [0.4, 0.5) is 0 Å². The summed E-state index contributed by atoms with van der Waals surface area (Å²) in [5, 5.41) is 0. The molecule has 0 fully saturated rings. The molecule has 1 aliphatic heterocycles. The fourth-order valence-electron chi connectivity index (χ4n) is 2.87. The predicted octanol–water partition coefficient (Wildman–Crippen LogP) is 3.33. The molecular formula is C19H21NO2. The molecule has 0 spiro atoms. The lowest BCUT2D eigenvalue weighted by atomic mass is 10.00. The molecule has 3 nitrogen and oxygen atoms in total. The van der Waals surface area contributed by atoms with Gasteiger partial charge in [-0.1, -0.05) is 24.3 Å². The molecule has 0 saturated heterocycles. The molecular weight excluding hydrogens is 274 g/mol. The molecule has 2 aromatic rings. The van der Waals surface area contributed by atoms with Crippen molar-refractivity contribution in [3.8, 4) is 5.75 Å². The molecule has 114 valence electrons. The maximum atomic E-state index is 10.6. The Morgan fingerprint density at radius 1 is 1.05 bits per heavy atom. The Bertz CT molecular complexity index is 622. The number of carbonyl (C=O) groups excluding carboxylic acids is 1. The maximum absolute atomic E-state index is 10.6. The number of hydrogen-bond acceptors (Lipinski definition) is 3. The SMILES string of the molecule is O=Cc1ccc(OCCCN2CCc3ccccc3C2)cc1. The number of ether oxygens (including phenoxy) is 1. The zero-order valence-corrected chi connectivity index (χ0v) is 12.7. The highest BCUT2D eigenvalue weighted by atomic mass is 16.5. The molecule has 1 aliphatic rings. The molecule has 0 amide bonds. The van der Waals surface area contributed by atoms with E-state index in [0.29, 0.717) is 12.2 Å². The summed E-state index contributed by atoms with van der Waals surface area (Å²) >= 11 is 0. The van der Waals surface area contributed by atoms with Crippen molar-refractivity contribution >= 4 is 6.29 Å². The van der Waals surface area contributed by atoms with E-state index in [0.717, 1.165) is 44.5 Å². The molecule has 0 aromatic heterocycles. The Hall–Kier alpha value is -2.13. The van der Waals surface area contributed by atoms with E-state index in [-0.39, 0.29) is 0 Å². The lowest BCUT2D eigenvalue weighted by Gasteiger charge is -2.28. The minimum atomic E-state index is 0.680. The lowest BCUT2D eigenvalue weighted by Crippen LogP contribution is -2.31. The third kappa shape index (κ3) is 3.74. The van der Waals surface area contributed by atoms with Crippen molar-refractivity contribution in [3.63, 3.8) is 0 Å². The van der Waals surface area contributed by atoms with Gasteiger partial charge in [0.2, 0.25) is 0 Å². The average Bonchev–Trinajstić information content (AvgIpc) is 2.59. The number of fused-ring (bicyclic) bond motifs is 1. The van der Waals surface area contributed by atoms with Crippen LogP contribution >= 0.6 is 0 Å². The van der Waals surface area contributed by atoms with E-state index >= 15 is 0 Å². The standard InChI is InChI=1S/C19H21NO2/c21-15-16-6-8-19(9-7-16)22-13-3-11-20-12-10-17-4-1-2-5-18(17)14-20/h1-2,4-9,15H,3,10-14H2. The van der Waals surface area contributed by atoms with Crippen LogP contribution in [-0.2, 0) is 13.0 Å². The van der Waals surface area contributed by atoms with Crippen molar-refractivity contribution in [1.82, 2.24) is 4.90 Å². The zero-order chi connectivity index (χ0) is 15.2. The number of hydrogen-bond donors (Lipinski definition) is 0. The van der Waals surface area contributed by atoms with Gasteiger partial charge in [-0.15, -0.1) is 0 Å². The van der Waals surface area contributed by atoms with E-state index in [1.54, 1.807) is 12.1 Å². The van der Waals surface area contributed by atoms with Gasteiger partial charge in [0.05, 0.1) is 6.61 Å². The summed E-state index contributed by atoms with van der Waals surface area (Å²) in [6.45, 7) is 3.94. The highest BCUT2D eigenvalue weighted by Crippen LogP contribution is 2.18. The lowest BCUT2D eigenvalue weighted by molar-refractivity contribution is 0.112. The molecule has 2 aromatic carbocycles. The Balaban J connectivity index is 1.41. The highest BCUT2D eigenvalue weighted by molar-refractivity contribution is 5.74. The quantitative estimate of drug-likeness (QED) is 0.605. The molecule has 0 bridgehead atoms. The predicted molar refractivity (Wildman–Crippen MR) is 87.4 cm³/mol. The van der Waals surface area contributed by atoms with Crippen LogP contribution in [0.2, 0.25) is 0 Å². The van der Waals surface area contributed by atoms with Gasteiger partial charge >= 0.3 is 0 Å². The molecule has 0 radical (unpaired) electrons. The Morgan fingerprint density at radius 2 is 1.82 bits per heavy atom. The summed E-state index contributed by atoms with van der Waals surface area (Å²) in [7, 11) is 0. The van der Waals surface area contributed by atoms with Crippen molar-refractivity contribution in [3.05, 3.63) is 65.2 Å². The van der Waals surface area contributed by atoms with Crippen LogP contribution < -0.4 is 4.74 Å². The van der Waals surface area contributed by atoms with Crippen LogP contribution in [0.1, 0.15) is 27.9 Å². The van der Waals surface area contributed by atoms with E-state index in [4.69, 9.17) is 4.74 Å². The summed E-state index contributed by atoms with van der Waals surface area (Å²) in [5.41, 5.74) is 3.63. The summed E-state index contributed by atoms with van der Waals surface area (Å²) in [6.07, 6.45) is 3.00. The normalized spacial score (nSPS) is 14.4. The van der Waals surface area contributed by atoms with Crippen molar-refractivity contribution in [1.29, 1.82) is 0 Å². The summed E-state index contributed by atoms with van der Waals surface area (Å²) in [4.78, 5) is 13.1. The van der Waals surface area contributed by atoms with E-state index in [1.165, 1.54) is 11.1 Å². The van der Waals surface area contributed by atoms with Crippen molar-refractivity contribution < 1.29 is 9.53 Å². The summed E-state index contributed by atoms with van der Waals surface area (Å²) in [6, 6.07) is 16.0. The first-order valence-electron chi connectivity index (χ1n) is 7.82. The van der Waals surface area contributed by atoms with Gasteiger partial charge in [-0.2, -0.15) is 0 Å². The number of carbonyl (C=O) groups is 1. The fraction of sp³-hybridized carbons (Fsp3) is 0.316. The molecule has 0 aliphatic carbocycles. The summed E-state index contributed by atoms with van der Waals surface area (Å²) in [5.74, 6) is 0.828. The molecule has 22 heavy (non-hydrogen) atoms. The van der Waals surface area contributed by atoms with Crippen LogP contribution in [0.3, 0.4) is 0 Å². The first kappa shape index (κ1) is 14.8. The van der Waals surface area contributed by atoms with Crippen LogP contribution in [-0.4, -0.2) is 30.9 Å². The molecule has 0 N–H and O–H groups in total. The average molecular weight is 295 g/mol. The third-order valence-electron chi connectivity index (χ3n) is 4.11. The molecule has 3 heteroatoms. The Morgan fingerprint density at radius 3 is 2.59 bits per heavy atom. The third-order valence-corrected chi connectivity index (χ3v) is 4.11. The van der Waals surface area contributed by atoms with Gasteiger partial charge < -0.3 is 4.74 Å². The smallest absolute Gasteiger partial charge is 0.150 e. The second kappa shape index (κ2) is 7.23. The van der Waals surface area contributed by atoms with Gasteiger partial charge in [-0.25, -0.2) is 0 Å². The molecule has 0 atom stereocenters. The van der Waals surface area contributed by atoms with E-state index in [9.17, 15) is 4.79 Å². The van der Waals surface area contributed by atoms with Gasteiger partial charge in [0.1, 0.15) is 12.0 Å². The number of benzene rings is 2. The second-order valence-electron chi connectivity index (χ2n) is 5.68. The second-order valence-corrected chi connectivity index (χ2v) is 5.68. The maximum Gasteiger partial charge on any atom is 0.150 e. The van der Waals surface area contributed by atoms with Gasteiger partial charge in [-0.05, 0) is 48.2 Å². The van der Waals surface area contributed by atoms with Crippen LogP contribution in [0.25, 0.3) is 0 Å². The van der Waals surface area contributed by atoms with E-state index in [1.807, 2.05) is 12.1 Å². The van der Waals surface area contributed by atoms with Gasteiger partial charge in [0.25, 0.3) is 0 Å². The largest absolute Gasteiger partial charge is 0.494 e. The summed E-state index contributed by atoms with van der Waals surface area (Å²) < 4.78 is 5.72. The van der Waals surface area contributed by atoms with Crippen LogP contribution in [0, 0.1) is 0 Å². The molecule has 1 heterocycles. The molecule has 3 rings (SSSR count). The Labute approximate surface area is 131 Å². The first-order valence-corrected chi connectivity index (χ1v) is 7.82. The minimum Gasteiger partial charge on any atom is -0.494 e. The molecule has 0 unspecified atom stereocenters. The number of nitrogens with zero attached hydrogens (tertiary/aromatic N) is 1. The number of aldehydes is 1. The van der Waals surface area contributed by atoms with Gasteiger partial charge in [-0.3, -0.25) is 9.69 Å². The van der Waals surface area contributed by atoms with Gasteiger partial charge in [0, 0.05) is 25.2 Å². The molecule has 0 saturated carbocycles. The Kier molecular flexibility index (Phi) is 4.86. The monoisotopic (exact) mass is 295 g/mol. The van der Waals surface area contributed by atoms with E-state index < -0.39 is 0 Å². The number of rotatable bonds is 6. The highest BCUT2D eigenvalue weighted by Gasteiger charge is 2.14. The van der Waals surface area contributed by atoms with Crippen molar-refractivity contribution in [2.45, 2.75) is 19.4 Å². The van der Waals surface area contributed by atoms with Crippen LogP contribution in [0.5, 0.6) is 5.75 Å². The van der Waals surface area contributed by atoms with Gasteiger partial charge in [0.15, 0.2) is 0 Å². The zero-order valence-electron chi connectivity index (χ0n) is 12.7. The fourth-order valence-corrected chi connectivity index (χ4v) is 2.87.